The first-order valence-electron chi connectivity index (χ1n) is 15.6. The van der Waals surface area contributed by atoms with Crippen LogP contribution in [0.15, 0.2) is 83.7 Å². The Kier molecular flexibility index (Phi) is 11.9. The Hall–Kier alpha value is -4.28. The smallest absolute Gasteiger partial charge is 0.408 e. The van der Waals surface area contributed by atoms with Gasteiger partial charge in [-0.2, -0.15) is 4.57 Å². The second-order valence-corrected chi connectivity index (χ2v) is 13.0. The highest BCUT2D eigenvalue weighted by atomic mass is 32.1. The van der Waals surface area contributed by atoms with Crippen molar-refractivity contribution in [3.05, 3.63) is 101 Å². The number of hydrogen-bond acceptors (Lipinski definition) is 6. The largest absolute Gasteiger partial charge is 0.444 e. The summed E-state index contributed by atoms with van der Waals surface area (Å²) in [6, 6.07) is 21.2. The van der Waals surface area contributed by atoms with Crippen molar-refractivity contribution in [2.75, 3.05) is 0 Å². The van der Waals surface area contributed by atoms with Crippen molar-refractivity contribution in [1.82, 2.24) is 16.0 Å². The molecule has 1 aromatic heterocycles. The Morgan fingerprint density at radius 1 is 0.870 bits per heavy atom. The van der Waals surface area contributed by atoms with E-state index in [0.29, 0.717) is 0 Å². The molecule has 0 spiro atoms. The van der Waals surface area contributed by atoms with E-state index < -0.39 is 35.8 Å². The van der Waals surface area contributed by atoms with Crippen LogP contribution >= 0.6 is 11.3 Å². The molecule has 46 heavy (non-hydrogen) atoms. The van der Waals surface area contributed by atoms with Gasteiger partial charge in [-0.3, -0.25) is 9.59 Å². The number of hydrogen-bond donors (Lipinski definition) is 3. The lowest BCUT2D eigenvalue weighted by molar-refractivity contribution is -0.696. The molecule has 2 unspecified atom stereocenters. The van der Waals surface area contributed by atoms with Crippen molar-refractivity contribution < 1.29 is 28.4 Å². The molecule has 0 fully saturated rings. The van der Waals surface area contributed by atoms with Crippen LogP contribution in [0.1, 0.15) is 64.4 Å². The Morgan fingerprint density at radius 2 is 1.57 bits per heavy atom. The van der Waals surface area contributed by atoms with E-state index >= 15 is 0 Å². The number of ether oxygens (including phenoxy) is 2. The Labute approximate surface area is 275 Å². The summed E-state index contributed by atoms with van der Waals surface area (Å²) in [6.07, 6.45) is -1.24. The molecule has 244 valence electrons. The van der Waals surface area contributed by atoms with E-state index in [1.54, 1.807) is 27.7 Å². The first kappa shape index (κ1) is 34.6. The fourth-order valence-corrected chi connectivity index (χ4v) is 6.07. The summed E-state index contributed by atoms with van der Waals surface area (Å²) < 4.78 is 13.6. The predicted octanol–water partition coefficient (Wildman–Crippen LogP) is 5.61. The summed E-state index contributed by atoms with van der Waals surface area (Å²) in [6.45, 7) is 11.9. The highest BCUT2D eigenvalue weighted by Crippen LogP contribution is 2.24. The standard InChI is InChI=1S/C36H44N4O5S/c1-7-40-23-46-22-28(40)20-31(33(41)37-24(2)29-19-13-17-27-16-11-12-18-30(27)29)38-34(42)32(39-35(43)45-36(4,5)6)25(3)44-21-26-14-9-8-10-15-26/h8-19,22-25,31-32H,7,20-21H2,1-6H3,(H2-,37,38,39,41,42,43)/p+1/t24-,25?,31-,32?/m0/s1. The number of carbonyl (C=O) groups excluding carboxylic acids is 3. The number of nitrogens with one attached hydrogen (secondary N) is 3. The summed E-state index contributed by atoms with van der Waals surface area (Å²) in [5, 5.41) is 12.9. The molecule has 10 heteroatoms. The van der Waals surface area contributed by atoms with Gasteiger partial charge >= 0.3 is 6.09 Å². The number of carbonyl (C=O) groups is 3. The van der Waals surface area contributed by atoms with Crippen LogP contribution in [0, 0.1) is 0 Å². The van der Waals surface area contributed by atoms with Gasteiger partial charge in [-0.05, 0) is 63.4 Å². The average Bonchev–Trinajstić information content (AvgIpc) is 3.48. The topological polar surface area (TPSA) is 110 Å². The van der Waals surface area contributed by atoms with Crippen molar-refractivity contribution in [3.8, 4) is 0 Å². The van der Waals surface area contributed by atoms with Crippen LogP contribution in [0.2, 0.25) is 0 Å². The molecule has 3 amide bonds. The molecule has 0 aliphatic heterocycles. The Balaban J connectivity index is 1.57. The molecule has 0 saturated carbocycles. The minimum Gasteiger partial charge on any atom is -0.444 e. The zero-order valence-corrected chi connectivity index (χ0v) is 28.2. The molecule has 0 aliphatic rings. The average molecular weight is 646 g/mol. The molecule has 0 saturated heterocycles. The van der Waals surface area contributed by atoms with Crippen molar-refractivity contribution in [2.45, 2.75) is 90.9 Å². The number of amides is 3. The SMILES string of the molecule is CC[n+]1cscc1C[C@H](NC(=O)C(NC(=O)OC(C)(C)C)C(C)OCc1ccccc1)C(=O)N[C@@H](C)c1cccc2ccccc12. The highest BCUT2D eigenvalue weighted by molar-refractivity contribution is 7.07. The molecule has 0 radical (unpaired) electrons. The van der Waals surface area contributed by atoms with Gasteiger partial charge in [0, 0.05) is 0 Å². The molecular formula is C36H45N4O5S+. The third-order valence-electron chi connectivity index (χ3n) is 7.58. The minimum absolute atomic E-state index is 0.236. The highest BCUT2D eigenvalue weighted by Gasteiger charge is 2.34. The second-order valence-electron chi connectivity index (χ2n) is 12.3. The molecule has 0 bridgehead atoms. The van der Waals surface area contributed by atoms with Gasteiger partial charge in [-0.1, -0.05) is 84.1 Å². The van der Waals surface area contributed by atoms with Crippen LogP contribution in [-0.4, -0.2) is 41.7 Å². The molecular weight excluding hydrogens is 600 g/mol. The molecule has 4 aromatic rings. The fourth-order valence-electron chi connectivity index (χ4n) is 5.19. The van der Waals surface area contributed by atoms with Gasteiger partial charge in [0.05, 0.1) is 30.6 Å². The van der Waals surface area contributed by atoms with Gasteiger partial charge in [0.1, 0.15) is 24.2 Å². The first-order valence-corrected chi connectivity index (χ1v) is 16.6. The Bertz CT molecular complexity index is 1610. The summed E-state index contributed by atoms with van der Waals surface area (Å²) in [5.41, 5.74) is 4.02. The summed E-state index contributed by atoms with van der Waals surface area (Å²) in [5.74, 6) is -0.890. The van der Waals surface area contributed by atoms with Crippen LogP contribution < -0.4 is 20.5 Å². The maximum atomic E-state index is 14.0. The number of alkyl carbamates (subject to hydrolysis) is 1. The van der Waals surface area contributed by atoms with E-state index in [1.807, 2.05) is 102 Å². The zero-order chi connectivity index (χ0) is 33.3. The number of aromatic nitrogens is 1. The van der Waals surface area contributed by atoms with Crippen molar-refractivity contribution in [1.29, 1.82) is 0 Å². The second kappa shape index (κ2) is 15.8. The third-order valence-corrected chi connectivity index (χ3v) is 8.36. The van der Waals surface area contributed by atoms with E-state index in [2.05, 4.69) is 16.0 Å². The molecule has 9 nitrogen and oxygen atoms in total. The van der Waals surface area contributed by atoms with Crippen molar-refractivity contribution >= 4 is 40.0 Å². The van der Waals surface area contributed by atoms with Gasteiger partial charge in [-0.25, -0.2) is 4.79 Å². The quantitative estimate of drug-likeness (QED) is 0.164. The maximum absolute atomic E-state index is 14.0. The zero-order valence-electron chi connectivity index (χ0n) is 27.4. The minimum atomic E-state index is -1.13. The van der Waals surface area contributed by atoms with E-state index in [-0.39, 0.29) is 25.0 Å². The summed E-state index contributed by atoms with van der Waals surface area (Å²) in [4.78, 5) is 40.8. The van der Waals surface area contributed by atoms with Crippen LogP contribution in [0.4, 0.5) is 4.79 Å². The van der Waals surface area contributed by atoms with Crippen molar-refractivity contribution in [3.63, 3.8) is 0 Å². The third kappa shape index (κ3) is 9.61. The van der Waals surface area contributed by atoms with E-state index in [9.17, 15) is 14.4 Å². The van der Waals surface area contributed by atoms with Gasteiger partial charge in [0.15, 0.2) is 5.69 Å². The summed E-state index contributed by atoms with van der Waals surface area (Å²) >= 11 is 1.53. The monoisotopic (exact) mass is 645 g/mol. The number of benzene rings is 3. The van der Waals surface area contributed by atoms with E-state index in [4.69, 9.17) is 9.47 Å². The molecule has 0 aliphatic carbocycles. The van der Waals surface area contributed by atoms with E-state index in [0.717, 1.165) is 34.1 Å². The predicted molar refractivity (Wildman–Crippen MR) is 180 cm³/mol. The molecule has 4 rings (SSSR count). The molecule has 3 aromatic carbocycles. The molecule has 1 heterocycles. The number of aryl methyl sites for hydroxylation is 1. The number of fused-ring (bicyclic) bond motifs is 1. The molecule has 3 N–H and O–H groups in total. The lowest BCUT2D eigenvalue weighted by atomic mass is 9.99. The lowest BCUT2D eigenvalue weighted by Crippen LogP contribution is -2.59. The fraction of sp³-hybridized carbons (Fsp3) is 0.389. The van der Waals surface area contributed by atoms with Gasteiger partial charge < -0.3 is 25.4 Å². The number of nitrogens with zero attached hydrogens (tertiary/aromatic N) is 1. The van der Waals surface area contributed by atoms with Gasteiger partial charge in [0.25, 0.3) is 0 Å². The normalized spacial score (nSPS) is 14.1. The first-order chi connectivity index (χ1) is 21.9. The van der Waals surface area contributed by atoms with Crippen molar-refractivity contribution in [2.24, 2.45) is 0 Å². The van der Waals surface area contributed by atoms with Crippen LogP contribution in [0.5, 0.6) is 0 Å². The maximum Gasteiger partial charge on any atom is 0.408 e. The van der Waals surface area contributed by atoms with Gasteiger partial charge in [0.2, 0.25) is 17.3 Å². The number of rotatable bonds is 13. The molecule has 4 atom stereocenters. The van der Waals surface area contributed by atoms with Gasteiger partial charge in [-0.15, -0.1) is 0 Å². The van der Waals surface area contributed by atoms with Crippen LogP contribution in [0.25, 0.3) is 10.8 Å². The van der Waals surface area contributed by atoms with Crippen LogP contribution in [-0.2, 0) is 38.6 Å². The van der Waals surface area contributed by atoms with E-state index in [1.165, 1.54) is 11.3 Å². The summed E-state index contributed by atoms with van der Waals surface area (Å²) in [7, 11) is 0. The Morgan fingerprint density at radius 3 is 2.28 bits per heavy atom. The van der Waals surface area contributed by atoms with Crippen LogP contribution in [0.3, 0.4) is 0 Å². The number of thiazole rings is 1. The lowest BCUT2D eigenvalue weighted by Gasteiger charge is -2.28.